The van der Waals surface area contributed by atoms with Crippen molar-refractivity contribution in [3.05, 3.63) is 0 Å². The van der Waals surface area contributed by atoms with E-state index in [4.69, 9.17) is 9.29 Å². The first-order valence-electron chi connectivity index (χ1n) is 4.25. The van der Waals surface area contributed by atoms with E-state index in [9.17, 15) is 8.42 Å². The van der Waals surface area contributed by atoms with Gasteiger partial charge in [0.15, 0.2) is 0 Å². The molecule has 0 unspecified atom stereocenters. The van der Waals surface area contributed by atoms with Gasteiger partial charge in [-0.05, 0) is 18.8 Å². The van der Waals surface area contributed by atoms with Crippen LogP contribution in [0.25, 0.3) is 0 Å². The maximum Gasteiger partial charge on any atom is 0.335 e. The molecule has 1 heterocycles. The first-order valence-corrected chi connectivity index (χ1v) is 5.65. The molecule has 0 aromatic rings. The lowest BCUT2D eigenvalue weighted by molar-refractivity contribution is 0.119. The summed E-state index contributed by atoms with van der Waals surface area (Å²) in [5.74, 6) is 0.419. The second kappa shape index (κ2) is 4.36. The van der Waals surface area contributed by atoms with Gasteiger partial charge in [0.2, 0.25) is 0 Å². The molecule has 0 aromatic heterocycles. The highest BCUT2D eigenvalue weighted by atomic mass is 32.2. The van der Waals surface area contributed by atoms with Gasteiger partial charge in [0.25, 0.3) is 0 Å². The Bertz CT molecular complexity index is 243. The zero-order chi connectivity index (χ0) is 9.90. The Balaban J connectivity index is 2.39. The van der Waals surface area contributed by atoms with Crippen molar-refractivity contribution in [3.63, 3.8) is 0 Å². The molecule has 1 fully saturated rings. The van der Waals surface area contributed by atoms with Gasteiger partial charge in [0.05, 0.1) is 0 Å². The zero-order valence-electron chi connectivity index (χ0n) is 7.64. The SMILES string of the molecule is COCC1CCN(S(=O)(=O)O)CC1. The molecule has 5 nitrogen and oxygen atoms in total. The number of piperidine rings is 1. The van der Waals surface area contributed by atoms with Gasteiger partial charge in [-0.15, -0.1) is 0 Å². The summed E-state index contributed by atoms with van der Waals surface area (Å²) in [6.07, 6.45) is 1.52. The zero-order valence-corrected chi connectivity index (χ0v) is 8.46. The van der Waals surface area contributed by atoms with Crippen molar-refractivity contribution >= 4 is 10.3 Å². The first kappa shape index (κ1) is 10.9. The summed E-state index contributed by atoms with van der Waals surface area (Å²) in [5, 5.41) is 0. The van der Waals surface area contributed by atoms with Gasteiger partial charge in [-0.3, -0.25) is 4.55 Å². The summed E-state index contributed by atoms with van der Waals surface area (Å²) >= 11 is 0. The summed E-state index contributed by atoms with van der Waals surface area (Å²) in [7, 11) is -2.34. The molecule has 0 bridgehead atoms. The monoisotopic (exact) mass is 209 g/mol. The van der Waals surface area contributed by atoms with Crippen molar-refractivity contribution in [1.82, 2.24) is 4.31 Å². The average molecular weight is 209 g/mol. The van der Waals surface area contributed by atoms with Crippen molar-refractivity contribution in [2.45, 2.75) is 12.8 Å². The molecular formula is C7H15NO4S. The molecule has 0 saturated carbocycles. The smallest absolute Gasteiger partial charge is 0.335 e. The second-order valence-corrected chi connectivity index (χ2v) is 4.69. The van der Waals surface area contributed by atoms with E-state index in [2.05, 4.69) is 0 Å². The normalized spacial score (nSPS) is 22.0. The lowest BCUT2D eigenvalue weighted by Gasteiger charge is -2.28. The summed E-state index contributed by atoms with van der Waals surface area (Å²) in [5.41, 5.74) is 0. The molecule has 0 atom stereocenters. The van der Waals surface area contributed by atoms with Crippen LogP contribution in [0.2, 0.25) is 0 Å². The highest BCUT2D eigenvalue weighted by Crippen LogP contribution is 2.18. The van der Waals surface area contributed by atoms with E-state index < -0.39 is 10.3 Å². The molecule has 0 amide bonds. The maximum atomic E-state index is 10.7. The standard InChI is InChI=1S/C7H15NO4S/c1-12-6-7-2-4-8(5-3-7)13(9,10)11/h7H,2-6H2,1H3,(H,9,10,11). The molecule has 0 aromatic carbocycles. The average Bonchev–Trinajstić information content (AvgIpc) is 2.04. The van der Waals surface area contributed by atoms with Gasteiger partial charge in [-0.1, -0.05) is 0 Å². The van der Waals surface area contributed by atoms with Crippen molar-refractivity contribution in [2.75, 3.05) is 26.8 Å². The predicted molar refractivity (Wildman–Crippen MR) is 47.7 cm³/mol. The van der Waals surface area contributed by atoms with Gasteiger partial charge in [0, 0.05) is 26.8 Å². The number of nitrogens with zero attached hydrogens (tertiary/aromatic N) is 1. The Morgan fingerprint density at radius 3 is 2.38 bits per heavy atom. The third-order valence-corrected chi connectivity index (χ3v) is 3.32. The van der Waals surface area contributed by atoms with Gasteiger partial charge in [-0.2, -0.15) is 12.7 Å². The van der Waals surface area contributed by atoms with E-state index in [1.807, 2.05) is 0 Å². The molecule has 1 rings (SSSR count). The molecule has 0 aliphatic carbocycles. The minimum absolute atomic E-state index is 0.396. The molecule has 1 aliphatic heterocycles. The van der Waals surface area contributed by atoms with Crippen LogP contribution in [0.3, 0.4) is 0 Å². The van der Waals surface area contributed by atoms with E-state index in [0.717, 1.165) is 17.1 Å². The summed E-state index contributed by atoms with van der Waals surface area (Å²) in [6, 6.07) is 0. The Kier molecular flexibility index (Phi) is 3.66. The van der Waals surface area contributed by atoms with E-state index in [1.165, 1.54) is 0 Å². The fourth-order valence-corrected chi connectivity index (χ4v) is 2.21. The largest absolute Gasteiger partial charge is 0.384 e. The minimum Gasteiger partial charge on any atom is -0.384 e. The van der Waals surface area contributed by atoms with Crippen molar-refractivity contribution in [2.24, 2.45) is 5.92 Å². The van der Waals surface area contributed by atoms with Crippen LogP contribution in [0, 0.1) is 5.92 Å². The Morgan fingerprint density at radius 2 is 2.00 bits per heavy atom. The van der Waals surface area contributed by atoms with Crippen LogP contribution in [0.5, 0.6) is 0 Å². The molecule has 6 heteroatoms. The second-order valence-electron chi connectivity index (χ2n) is 3.28. The fraction of sp³-hybridized carbons (Fsp3) is 1.00. The summed E-state index contributed by atoms with van der Waals surface area (Å²) in [4.78, 5) is 0. The van der Waals surface area contributed by atoms with Crippen molar-refractivity contribution in [1.29, 1.82) is 0 Å². The van der Waals surface area contributed by atoms with E-state index in [-0.39, 0.29) is 0 Å². The van der Waals surface area contributed by atoms with Crippen LogP contribution >= 0.6 is 0 Å². The van der Waals surface area contributed by atoms with Crippen molar-refractivity contribution < 1.29 is 17.7 Å². The quantitative estimate of drug-likeness (QED) is 0.672. The summed E-state index contributed by atoms with van der Waals surface area (Å²) in [6.45, 7) is 1.46. The van der Waals surface area contributed by atoms with Gasteiger partial charge in [-0.25, -0.2) is 0 Å². The lowest BCUT2D eigenvalue weighted by Crippen LogP contribution is -2.38. The molecule has 13 heavy (non-hydrogen) atoms. The number of ether oxygens (including phenoxy) is 1. The molecular weight excluding hydrogens is 194 g/mol. The predicted octanol–water partition coefficient (Wildman–Crippen LogP) is 0.148. The van der Waals surface area contributed by atoms with Crippen LogP contribution in [0.1, 0.15) is 12.8 Å². The summed E-state index contributed by atoms with van der Waals surface area (Å²) < 4.78 is 36.2. The molecule has 0 spiro atoms. The molecule has 78 valence electrons. The topological polar surface area (TPSA) is 66.8 Å². The maximum absolute atomic E-state index is 10.7. The van der Waals surface area contributed by atoms with Crippen molar-refractivity contribution in [3.8, 4) is 0 Å². The fourth-order valence-electron chi connectivity index (χ4n) is 1.54. The number of methoxy groups -OCH3 is 1. The number of hydrogen-bond acceptors (Lipinski definition) is 3. The van der Waals surface area contributed by atoms with Crippen LogP contribution in [-0.2, 0) is 15.0 Å². The van der Waals surface area contributed by atoms with Crippen LogP contribution < -0.4 is 0 Å². The Labute approximate surface area is 78.6 Å². The Hall–Kier alpha value is -0.170. The van der Waals surface area contributed by atoms with Gasteiger partial charge >= 0.3 is 10.3 Å². The van der Waals surface area contributed by atoms with Gasteiger partial charge in [0.1, 0.15) is 0 Å². The number of hydrogen-bond donors (Lipinski definition) is 1. The van der Waals surface area contributed by atoms with E-state index >= 15 is 0 Å². The first-order chi connectivity index (χ1) is 6.04. The van der Waals surface area contributed by atoms with Crippen LogP contribution in [0.15, 0.2) is 0 Å². The highest BCUT2D eigenvalue weighted by molar-refractivity contribution is 7.83. The van der Waals surface area contributed by atoms with Crippen LogP contribution in [-0.4, -0.2) is 44.1 Å². The third kappa shape index (κ3) is 3.22. The van der Waals surface area contributed by atoms with Crippen LogP contribution in [0.4, 0.5) is 0 Å². The lowest BCUT2D eigenvalue weighted by atomic mass is 9.99. The van der Waals surface area contributed by atoms with Gasteiger partial charge < -0.3 is 4.74 Å². The molecule has 0 radical (unpaired) electrons. The number of rotatable bonds is 3. The minimum atomic E-state index is -3.97. The van der Waals surface area contributed by atoms with E-state index in [0.29, 0.717) is 25.6 Å². The molecule has 1 N–H and O–H groups in total. The molecule has 1 saturated heterocycles. The Morgan fingerprint density at radius 1 is 1.46 bits per heavy atom. The van der Waals surface area contributed by atoms with E-state index in [1.54, 1.807) is 7.11 Å². The third-order valence-electron chi connectivity index (χ3n) is 2.30. The highest BCUT2D eigenvalue weighted by Gasteiger charge is 2.25. The molecule has 1 aliphatic rings.